The predicted octanol–water partition coefficient (Wildman–Crippen LogP) is 8.69. The van der Waals surface area contributed by atoms with Crippen molar-refractivity contribution in [2.45, 2.75) is 125 Å². The van der Waals surface area contributed by atoms with Gasteiger partial charge < -0.3 is 10.8 Å². The van der Waals surface area contributed by atoms with Gasteiger partial charge >= 0.3 is 36.0 Å². The van der Waals surface area contributed by atoms with E-state index >= 15 is 0 Å². The van der Waals surface area contributed by atoms with Crippen molar-refractivity contribution in [3.05, 3.63) is 0 Å². The smallest absolute Gasteiger partial charge is 0.339 e. The second kappa shape index (κ2) is 13.5. The molecule has 0 radical (unpaired) electrons. The van der Waals surface area contributed by atoms with Crippen molar-refractivity contribution < 1.29 is 61.5 Å². The summed E-state index contributed by atoms with van der Waals surface area (Å²) in [7, 11) is -2.68. The van der Waals surface area contributed by atoms with Crippen molar-refractivity contribution in [1.82, 2.24) is 0 Å². The van der Waals surface area contributed by atoms with Crippen molar-refractivity contribution in [1.29, 1.82) is 0 Å². The molecule has 0 spiro atoms. The van der Waals surface area contributed by atoms with E-state index in [-0.39, 0.29) is 25.7 Å². The molecule has 0 aliphatic rings. The van der Waals surface area contributed by atoms with E-state index in [2.05, 4.69) is 0 Å². The highest BCUT2D eigenvalue weighted by molar-refractivity contribution is 6.73. The first-order valence-electron chi connectivity index (χ1n) is 11.6. The van der Waals surface area contributed by atoms with Gasteiger partial charge in [0.05, 0.1) is 0 Å². The van der Waals surface area contributed by atoms with E-state index in [0.29, 0.717) is 37.8 Å². The lowest BCUT2D eigenvalue weighted by Gasteiger charge is -2.28. The van der Waals surface area contributed by atoms with Crippen molar-refractivity contribution in [3.63, 3.8) is 0 Å². The van der Waals surface area contributed by atoms with Crippen molar-refractivity contribution in [2.75, 3.05) is 0 Å². The quantitative estimate of drug-likeness (QED) is 0.0948. The number of nitrogens with two attached hydrogens (primary N) is 2. The van der Waals surface area contributed by atoms with E-state index in [9.17, 15) is 61.5 Å². The molecule has 0 aromatic carbocycles. The minimum atomic E-state index is -6.35. The monoisotopic (exact) mass is 594 g/mol. The topological polar surface area (TPSA) is 52.0 Å². The second-order valence-corrected chi connectivity index (χ2v) is 12.8. The molecule has 17 heteroatoms. The summed E-state index contributed by atoms with van der Waals surface area (Å²) in [4.78, 5) is 0. The lowest BCUT2D eigenvalue weighted by Crippen LogP contribution is -2.55. The van der Waals surface area contributed by atoms with Crippen LogP contribution in [-0.2, 0) is 0 Å². The van der Waals surface area contributed by atoms with Crippen LogP contribution in [0.5, 0.6) is 0 Å². The average Bonchev–Trinajstić information content (AvgIpc) is 2.70. The average molecular weight is 595 g/mol. The van der Waals surface area contributed by atoms with Crippen LogP contribution in [0, 0.1) is 0 Å². The summed E-state index contributed by atoms with van der Waals surface area (Å²) >= 11 is 0. The summed E-state index contributed by atoms with van der Waals surface area (Å²) < 4.78 is 176. The number of hydrogen-bond donors (Lipinski definition) is 2. The number of unbranched alkanes of at least 4 members (excludes halogenated alkanes) is 8. The second-order valence-electron chi connectivity index (χ2n) is 9.32. The van der Waals surface area contributed by atoms with Gasteiger partial charge in [-0.3, -0.25) is 0 Å². The van der Waals surface area contributed by atoms with Gasteiger partial charge in [0, 0.05) is 12.8 Å². The van der Waals surface area contributed by atoms with Gasteiger partial charge in [-0.25, -0.2) is 0 Å². The van der Waals surface area contributed by atoms with E-state index in [1.807, 2.05) is 0 Å². The van der Waals surface area contributed by atoms with Gasteiger partial charge in [0.15, 0.2) is 8.40 Å². The number of rotatable bonds is 18. The fourth-order valence-corrected chi connectivity index (χ4v) is 5.58. The summed E-state index contributed by atoms with van der Waals surface area (Å²) in [6.07, 6.45) is -14.6. The Bertz CT molecular complexity index is 608. The van der Waals surface area contributed by atoms with E-state index < -0.39 is 70.1 Å². The molecule has 0 unspecified atom stereocenters. The summed E-state index contributed by atoms with van der Waals surface area (Å²) in [5, 5.41) is 12.1. The van der Waals surface area contributed by atoms with Gasteiger partial charge in [-0.15, -0.1) is 0 Å². The molecule has 0 aliphatic carbocycles. The molecule has 0 rings (SSSR count). The van der Waals surface area contributed by atoms with E-state index in [4.69, 9.17) is 10.8 Å². The Morgan fingerprint density at radius 3 is 0.892 bits per heavy atom. The molecule has 0 aromatic rings. The summed E-state index contributed by atoms with van der Waals surface area (Å²) in [6, 6.07) is 0.794. The van der Waals surface area contributed by atoms with Crippen molar-refractivity contribution >= 4 is 8.40 Å². The standard InChI is InChI=1S/C20H32F14N2Si/c21-15(22,17(25,26)19(29,30)31)11-7-3-1-5-9-13-37(35,36)14-10-6-2-4-8-12-16(23,24)18(27,28)20(32,33)34/h1-14,35-36H2. The summed E-state index contributed by atoms with van der Waals surface area (Å²) in [6.45, 7) is 0. The first-order chi connectivity index (χ1) is 16.4. The van der Waals surface area contributed by atoms with E-state index in [1.165, 1.54) is 0 Å². The molecule has 0 aliphatic heterocycles. The lowest BCUT2D eigenvalue weighted by atomic mass is 10.0. The molecule has 37 heavy (non-hydrogen) atoms. The maximum atomic E-state index is 13.2. The van der Waals surface area contributed by atoms with Crippen molar-refractivity contribution in [2.24, 2.45) is 10.8 Å². The van der Waals surface area contributed by atoms with Gasteiger partial charge in [0.2, 0.25) is 0 Å². The van der Waals surface area contributed by atoms with Crippen LogP contribution in [0.4, 0.5) is 61.5 Å². The molecule has 2 nitrogen and oxygen atoms in total. The van der Waals surface area contributed by atoms with Gasteiger partial charge in [0.1, 0.15) is 0 Å². The molecule has 4 N–H and O–H groups in total. The maximum absolute atomic E-state index is 13.2. The number of halogens is 14. The zero-order valence-electron chi connectivity index (χ0n) is 19.8. The van der Waals surface area contributed by atoms with Gasteiger partial charge in [0.25, 0.3) is 0 Å². The molecule has 0 amide bonds. The fraction of sp³-hybridized carbons (Fsp3) is 1.00. The number of hydrogen-bond acceptors (Lipinski definition) is 2. The molecular formula is C20H32F14N2Si. The molecule has 224 valence electrons. The van der Waals surface area contributed by atoms with E-state index in [0.717, 1.165) is 0 Å². The third kappa shape index (κ3) is 11.0. The zero-order valence-corrected chi connectivity index (χ0v) is 20.8. The third-order valence-corrected chi connectivity index (χ3v) is 8.47. The third-order valence-electron chi connectivity index (χ3n) is 5.90. The van der Waals surface area contributed by atoms with Crippen LogP contribution >= 0.6 is 0 Å². The minimum Gasteiger partial charge on any atom is -0.339 e. The highest BCUT2D eigenvalue weighted by Gasteiger charge is 2.73. The Balaban J connectivity index is 4.04. The summed E-state index contributed by atoms with van der Waals surface area (Å²) in [5.41, 5.74) is 0. The summed E-state index contributed by atoms with van der Waals surface area (Å²) in [5.74, 6) is -22.7. The van der Waals surface area contributed by atoms with Crippen molar-refractivity contribution in [3.8, 4) is 0 Å². The highest BCUT2D eigenvalue weighted by Crippen LogP contribution is 2.49. The van der Waals surface area contributed by atoms with E-state index in [1.54, 1.807) is 0 Å². The predicted molar refractivity (Wildman–Crippen MR) is 111 cm³/mol. The first kappa shape index (κ1) is 36.2. The normalized spacial score (nSPS) is 14.9. The van der Waals surface area contributed by atoms with Crippen LogP contribution in [0.25, 0.3) is 0 Å². The maximum Gasteiger partial charge on any atom is 0.459 e. The van der Waals surface area contributed by atoms with Crippen LogP contribution < -0.4 is 10.8 Å². The first-order valence-corrected chi connectivity index (χ1v) is 14.2. The molecule has 0 bridgehead atoms. The Kier molecular flexibility index (Phi) is 13.2. The molecule has 0 atom stereocenters. The number of alkyl halides is 14. The molecule has 0 fully saturated rings. The highest BCUT2D eigenvalue weighted by atomic mass is 28.3. The Labute approximate surface area is 206 Å². The van der Waals surface area contributed by atoms with Crippen LogP contribution in [0.15, 0.2) is 0 Å². The lowest BCUT2D eigenvalue weighted by molar-refractivity contribution is -0.356. The van der Waals surface area contributed by atoms with Gasteiger partial charge in [-0.1, -0.05) is 51.4 Å². The molecular weight excluding hydrogens is 562 g/mol. The molecule has 0 saturated heterocycles. The van der Waals surface area contributed by atoms with Crippen LogP contribution in [-0.4, -0.2) is 44.4 Å². The van der Waals surface area contributed by atoms with Gasteiger partial charge in [-0.2, -0.15) is 61.5 Å². The fourth-order valence-electron chi connectivity index (χ4n) is 3.52. The molecule has 0 heterocycles. The minimum absolute atomic E-state index is 0.00116. The molecule has 0 aromatic heterocycles. The Morgan fingerprint density at radius 2 is 0.622 bits per heavy atom. The van der Waals surface area contributed by atoms with Crippen LogP contribution in [0.1, 0.15) is 77.0 Å². The van der Waals surface area contributed by atoms with Gasteiger partial charge in [-0.05, 0) is 24.9 Å². The largest absolute Gasteiger partial charge is 0.459 e. The Morgan fingerprint density at radius 1 is 0.378 bits per heavy atom. The van der Waals surface area contributed by atoms with Crippen LogP contribution in [0.3, 0.4) is 0 Å². The Hall–Kier alpha value is -0.843. The molecule has 0 saturated carbocycles. The zero-order chi connectivity index (χ0) is 29.4. The SMILES string of the molecule is N[Si](N)(CCCCCCCC(F)(F)C(F)(F)C(F)(F)F)CCCCCCCC(F)(F)C(F)(F)C(F)(F)F. The van der Waals surface area contributed by atoms with Crippen LogP contribution in [0.2, 0.25) is 12.1 Å².